The van der Waals surface area contributed by atoms with Crippen molar-refractivity contribution in [2.24, 2.45) is 0 Å². The fourth-order valence-electron chi connectivity index (χ4n) is 1.15. The van der Waals surface area contributed by atoms with Crippen molar-refractivity contribution >= 4 is 11.6 Å². The van der Waals surface area contributed by atoms with Crippen LogP contribution in [0.3, 0.4) is 0 Å². The van der Waals surface area contributed by atoms with Crippen LogP contribution >= 0.6 is 11.6 Å². The van der Waals surface area contributed by atoms with Crippen LogP contribution < -0.4 is 4.74 Å². The molecule has 2 aromatic rings. The number of tetrazole rings is 1. The molecule has 0 unspecified atom stereocenters. The maximum Gasteiger partial charge on any atom is 0.234 e. The number of hydrogen-bond donors (Lipinski definition) is 0. The van der Waals surface area contributed by atoms with Crippen molar-refractivity contribution in [3.63, 3.8) is 0 Å². The first-order valence-corrected chi connectivity index (χ1v) is 4.97. The lowest BCUT2D eigenvalue weighted by molar-refractivity contribution is 0.184. The van der Waals surface area contributed by atoms with Gasteiger partial charge in [0.05, 0.1) is 18.9 Å². The summed E-state index contributed by atoms with van der Waals surface area (Å²) in [6.07, 6.45) is 4.34. The second-order valence-electron chi connectivity index (χ2n) is 3.14. The molecular formula is C8H9ClN6O. The molecule has 16 heavy (non-hydrogen) atoms. The predicted octanol–water partition coefficient (Wildman–Crippen LogP) is 0.584. The fourth-order valence-corrected chi connectivity index (χ4v) is 1.29. The molecule has 0 aliphatic carbocycles. The zero-order valence-corrected chi connectivity index (χ0v) is 9.24. The molecule has 0 aliphatic heterocycles. The second-order valence-corrected chi connectivity index (χ2v) is 3.53. The van der Waals surface area contributed by atoms with Gasteiger partial charge in [-0.25, -0.2) is 4.68 Å². The molecule has 0 spiro atoms. The van der Waals surface area contributed by atoms with Gasteiger partial charge in [0.1, 0.15) is 12.4 Å². The molecule has 2 aromatic heterocycles. The topological polar surface area (TPSA) is 78.6 Å². The van der Waals surface area contributed by atoms with Crippen LogP contribution in [0.25, 0.3) is 0 Å². The molecule has 0 N–H and O–H groups in total. The van der Waals surface area contributed by atoms with Gasteiger partial charge in [0.2, 0.25) is 5.88 Å². The smallest absolute Gasteiger partial charge is 0.234 e. The molecule has 1 atom stereocenters. The lowest BCUT2D eigenvalue weighted by Crippen LogP contribution is -2.20. The molecule has 0 aromatic carbocycles. The number of hydrogen-bond acceptors (Lipinski definition) is 6. The average Bonchev–Trinajstić information content (AvgIpc) is 2.70. The van der Waals surface area contributed by atoms with E-state index >= 15 is 0 Å². The summed E-state index contributed by atoms with van der Waals surface area (Å²) in [5.74, 6) is 0.382. The van der Waals surface area contributed by atoms with E-state index in [0.29, 0.717) is 17.6 Å². The summed E-state index contributed by atoms with van der Waals surface area (Å²) in [5.41, 5.74) is 0. The van der Waals surface area contributed by atoms with Gasteiger partial charge in [-0.3, -0.25) is 4.98 Å². The maximum absolute atomic E-state index is 5.68. The predicted molar refractivity (Wildman–Crippen MR) is 54.9 cm³/mol. The standard InChI is InChI=1S/C8H9ClN6O/c1-6(4-15-5-11-13-14-15)16-8-3-10-2-7(9)12-8/h2-3,5-6H,4H2,1H3/t6-/m0/s1. The van der Waals surface area contributed by atoms with Crippen molar-refractivity contribution in [1.82, 2.24) is 30.2 Å². The van der Waals surface area contributed by atoms with Gasteiger partial charge in [-0.15, -0.1) is 5.10 Å². The van der Waals surface area contributed by atoms with Crippen LogP contribution in [0.5, 0.6) is 5.88 Å². The van der Waals surface area contributed by atoms with E-state index in [1.807, 2.05) is 6.92 Å². The highest BCUT2D eigenvalue weighted by Gasteiger charge is 2.07. The van der Waals surface area contributed by atoms with Gasteiger partial charge >= 0.3 is 0 Å². The van der Waals surface area contributed by atoms with Gasteiger partial charge in [-0.1, -0.05) is 11.6 Å². The molecule has 7 nitrogen and oxygen atoms in total. The summed E-state index contributed by atoms with van der Waals surface area (Å²) < 4.78 is 7.07. The summed E-state index contributed by atoms with van der Waals surface area (Å²) in [6, 6.07) is 0. The molecule has 0 saturated heterocycles. The van der Waals surface area contributed by atoms with E-state index in [1.54, 1.807) is 4.68 Å². The van der Waals surface area contributed by atoms with E-state index in [4.69, 9.17) is 16.3 Å². The Bertz CT molecular complexity index is 448. The highest BCUT2D eigenvalue weighted by atomic mass is 35.5. The maximum atomic E-state index is 5.68. The third-order valence-electron chi connectivity index (χ3n) is 1.74. The van der Waals surface area contributed by atoms with E-state index in [9.17, 15) is 0 Å². The Hall–Kier alpha value is -1.76. The van der Waals surface area contributed by atoms with E-state index in [0.717, 1.165) is 0 Å². The first-order valence-electron chi connectivity index (χ1n) is 4.59. The minimum absolute atomic E-state index is 0.128. The Balaban J connectivity index is 1.94. The van der Waals surface area contributed by atoms with E-state index in [-0.39, 0.29) is 6.10 Å². The van der Waals surface area contributed by atoms with Crippen LogP contribution in [0.2, 0.25) is 5.15 Å². The third kappa shape index (κ3) is 2.86. The van der Waals surface area contributed by atoms with Crippen LogP contribution in [-0.4, -0.2) is 36.3 Å². The normalized spacial score (nSPS) is 12.4. The van der Waals surface area contributed by atoms with E-state index < -0.39 is 0 Å². The van der Waals surface area contributed by atoms with E-state index in [2.05, 4.69) is 25.5 Å². The van der Waals surface area contributed by atoms with Crippen LogP contribution in [-0.2, 0) is 6.54 Å². The molecule has 0 fully saturated rings. The number of ether oxygens (including phenoxy) is 1. The molecule has 0 radical (unpaired) electrons. The Morgan fingerprint density at radius 1 is 1.50 bits per heavy atom. The summed E-state index contributed by atoms with van der Waals surface area (Å²) >= 11 is 5.68. The molecule has 8 heteroatoms. The van der Waals surface area contributed by atoms with Gasteiger partial charge in [0.25, 0.3) is 0 Å². The lowest BCUT2D eigenvalue weighted by Gasteiger charge is -2.12. The number of rotatable bonds is 4. The molecule has 0 bridgehead atoms. The minimum Gasteiger partial charge on any atom is -0.472 e. The van der Waals surface area contributed by atoms with Crippen LogP contribution in [0, 0.1) is 0 Å². The quantitative estimate of drug-likeness (QED) is 0.778. The van der Waals surface area contributed by atoms with Crippen molar-refractivity contribution in [2.75, 3.05) is 0 Å². The van der Waals surface area contributed by atoms with Crippen molar-refractivity contribution in [3.8, 4) is 5.88 Å². The Morgan fingerprint density at radius 2 is 2.38 bits per heavy atom. The van der Waals surface area contributed by atoms with Crippen LogP contribution in [0.4, 0.5) is 0 Å². The SMILES string of the molecule is C[C@@H](Cn1cnnn1)Oc1cncc(Cl)n1. The first-order chi connectivity index (χ1) is 7.74. The Kier molecular flexibility index (Phi) is 3.25. The van der Waals surface area contributed by atoms with Gasteiger partial charge in [0.15, 0.2) is 5.15 Å². The molecule has 2 heterocycles. The Labute approximate surface area is 96.4 Å². The monoisotopic (exact) mass is 240 g/mol. The van der Waals surface area contributed by atoms with Crippen LogP contribution in [0.1, 0.15) is 6.92 Å². The lowest BCUT2D eigenvalue weighted by atomic mass is 10.4. The van der Waals surface area contributed by atoms with Gasteiger partial charge in [0, 0.05) is 0 Å². The first kappa shape index (κ1) is 10.7. The summed E-state index contributed by atoms with van der Waals surface area (Å²) in [5, 5.41) is 11.1. The number of halogens is 1. The van der Waals surface area contributed by atoms with Crippen molar-refractivity contribution < 1.29 is 4.74 Å². The molecule has 0 amide bonds. The number of aromatic nitrogens is 6. The van der Waals surface area contributed by atoms with Gasteiger partial charge < -0.3 is 4.74 Å². The molecule has 0 saturated carbocycles. The van der Waals surface area contributed by atoms with Crippen LogP contribution in [0.15, 0.2) is 18.7 Å². The van der Waals surface area contributed by atoms with Gasteiger partial charge in [-0.05, 0) is 17.4 Å². The molecule has 0 aliphatic rings. The summed E-state index contributed by atoms with van der Waals surface area (Å²) in [6.45, 7) is 2.41. The molecule has 84 valence electrons. The van der Waals surface area contributed by atoms with Crippen molar-refractivity contribution in [1.29, 1.82) is 0 Å². The third-order valence-corrected chi connectivity index (χ3v) is 1.92. The zero-order valence-electron chi connectivity index (χ0n) is 8.49. The summed E-state index contributed by atoms with van der Waals surface area (Å²) in [4.78, 5) is 7.83. The minimum atomic E-state index is -0.128. The Morgan fingerprint density at radius 3 is 3.06 bits per heavy atom. The molecular weight excluding hydrogens is 232 g/mol. The van der Waals surface area contributed by atoms with Crippen molar-refractivity contribution in [2.45, 2.75) is 19.6 Å². The van der Waals surface area contributed by atoms with Gasteiger partial charge in [-0.2, -0.15) is 4.98 Å². The fraction of sp³-hybridized carbons (Fsp3) is 0.375. The number of nitrogens with zero attached hydrogens (tertiary/aromatic N) is 6. The largest absolute Gasteiger partial charge is 0.472 e. The molecule has 2 rings (SSSR count). The summed E-state index contributed by atoms with van der Waals surface area (Å²) in [7, 11) is 0. The highest BCUT2D eigenvalue weighted by Crippen LogP contribution is 2.11. The highest BCUT2D eigenvalue weighted by molar-refractivity contribution is 6.29. The zero-order chi connectivity index (χ0) is 11.4. The van der Waals surface area contributed by atoms with E-state index in [1.165, 1.54) is 18.7 Å². The second kappa shape index (κ2) is 4.84. The average molecular weight is 241 g/mol. The van der Waals surface area contributed by atoms with Crippen molar-refractivity contribution in [3.05, 3.63) is 23.9 Å².